The van der Waals surface area contributed by atoms with Gasteiger partial charge in [0, 0.05) is 22.6 Å². The van der Waals surface area contributed by atoms with Crippen LogP contribution in [-0.4, -0.2) is 11.9 Å². The summed E-state index contributed by atoms with van der Waals surface area (Å²) in [5, 5.41) is 2.39. The number of halogens is 4. The highest BCUT2D eigenvalue weighted by Gasteiger charge is 2.33. The Balaban J connectivity index is 2.16. The summed E-state index contributed by atoms with van der Waals surface area (Å²) < 4.78 is 43.3. The second kappa shape index (κ2) is 7.04. The van der Waals surface area contributed by atoms with Gasteiger partial charge in [0.25, 0.3) is 5.91 Å². The molecule has 0 radical (unpaired) electrons. The normalized spacial score (nSPS) is 11.0. The Morgan fingerprint density at radius 3 is 2.25 bits per heavy atom. The van der Waals surface area contributed by atoms with Crippen molar-refractivity contribution >= 4 is 33.5 Å². The van der Waals surface area contributed by atoms with Crippen LogP contribution in [0.3, 0.4) is 0 Å². The molecule has 4 nitrogen and oxygen atoms in total. The molecule has 0 atom stereocenters. The van der Waals surface area contributed by atoms with Crippen molar-refractivity contribution in [2.45, 2.75) is 13.1 Å². The van der Waals surface area contributed by atoms with E-state index in [-0.39, 0.29) is 21.5 Å². The summed E-state index contributed by atoms with van der Waals surface area (Å²) in [5.74, 6) is -0.816. The predicted octanol–water partition coefficient (Wildman–Crippen LogP) is 4.65. The molecule has 2 aromatic carbocycles. The molecule has 1 amide bonds. The molecular formula is C16H11BrF3NO3. The van der Waals surface area contributed by atoms with E-state index < -0.39 is 23.6 Å². The van der Waals surface area contributed by atoms with Crippen molar-refractivity contribution < 1.29 is 27.5 Å². The summed E-state index contributed by atoms with van der Waals surface area (Å²) in [6, 6.07) is 9.04. The van der Waals surface area contributed by atoms with Crippen LogP contribution in [-0.2, 0) is 11.0 Å². The number of benzene rings is 2. The molecule has 24 heavy (non-hydrogen) atoms. The van der Waals surface area contributed by atoms with Crippen LogP contribution < -0.4 is 10.1 Å². The largest absolute Gasteiger partial charge is 0.427 e. The van der Waals surface area contributed by atoms with Crippen molar-refractivity contribution in [3.8, 4) is 5.75 Å². The molecule has 0 bridgehead atoms. The molecule has 1 N–H and O–H groups in total. The summed E-state index contributed by atoms with van der Waals surface area (Å²) in [7, 11) is 0. The number of hydrogen-bond donors (Lipinski definition) is 1. The number of rotatable bonds is 3. The Kier molecular flexibility index (Phi) is 5.28. The van der Waals surface area contributed by atoms with E-state index in [2.05, 4.69) is 21.2 Å². The van der Waals surface area contributed by atoms with Gasteiger partial charge in [0.15, 0.2) is 0 Å². The summed E-state index contributed by atoms with van der Waals surface area (Å²) in [6.07, 6.45) is -4.54. The van der Waals surface area contributed by atoms with Gasteiger partial charge in [0.2, 0.25) is 0 Å². The molecule has 8 heteroatoms. The van der Waals surface area contributed by atoms with Crippen molar-refractivity contribution in [1.82, 2.24) is 0 Å². The summed E-state index contributed by atoms with van der Waals surface area (Å²) in [4.78, 5) is 22.9. The number of hydrogen-bond acceptors (Lipinski definition) is 3. The van der Waals surface area contributed by atoms with Crippen molar-refractivity contribution in [3.05, 3.63) is 58.1 Å². The Bertz CT molecular complexity index is 773. The summed E-state index contributed by atoms with van der Waals surface area (Å²) in [5.41, 5.74) is -0.660. The zero-order valence-corrected chi connectivity index (χ0v) is 13.9. The molecule has 0 spiro atoms. The number of carbonyl (C=O) groups is 2. The fourth-order valence-corrected chi connectivity index (χ4v) is 2.34. The van der Waals surface area contributed by atoms with E-state index in [1.165, 1.54) is 43.3 Å². The second-order valence-corrected chi connectivity index (χ2v) is 5.62. The maximum Gasteiger partial charge on any atom is 0.417 e. The molecule has 126 valence electrons. The number of ether oxygens (including phenoxy) is 1. The first kappa shape index (κ1) is 18.0. The van der Waals surface area contributed by atoms with E-state index in [1.807, 2.05) is 0 Å². The monoisotopic (exact) mass is 401 g/mol. The topological polar surface area (TPSA) is 55.4 Å². The molecule has 0 aliphatic carbocycles. The summed E-state index contributed by atoms with van der Waals surface area (Å²) in [6.45, 7) is 1.24. The molecule has 0 saturated heterocycles. The van der Waals surface area contributed by atoms with Crippen LogP contribution in [0.1, 0.15) is 22.8 Å². The van der Waals surface area contributed by atoms with Crippen LogP contribution in [0.5, 0.6) is 5.75 Å². The standard InChI is InChI=1S/C16H11BrF3NO3/c1-9(22)24-12-5-2-10(3-6-12)15(23)21-11-4-7-14(17)13(8-11)16(18,19)20/h2-8H,1H3,(H,21,23). The fraction of sp³-hybridized carbons (Fsp3) is 0.125. The molecule has 0 saturated carbocycles. The van der Waals surface area contributed by atoms with Gasteiger partial charge in [-0.05, 0) is 42.5 Å². The van der Waals surface area contributed by atoms with Gasteiger partial charge in [0.1, 0.15) is 5.75 Å². The number of anilines is 1. The highest BCUT2D eigenvalue weighted by atomic mass is 79.9. The third kappa shape index (κ3) is 4.58. The van der Waals surface area contributed by atoms with Gasteiger partial charge < -0.3 is 10.1 Å². The van der Waals surface area contributed by atoms with Gasteiger partial charge in [-0.25, -0.2) is 0 Å². The zero-order chi connectivity index (χ0) is 17.9. The van der Waals surface area contributed by atoms with E-state index in [4.69, 9.17) is 4.74 Å². The molecule has 2 rings (SSSR count). The molecule has 0 heterocycles. The lowest BCUT2D eigenvalue weighted by molar-refractivity contribution is -0.138. The van der Waals surface area contributed by atoms with Gasteiger partial charge in [-0.1, -0.05) is 15.9 Å². The molecule has 0 aromatic heterocycles. The average molecular weight is 402 g/mol. The number of esters is 1. The van der Waals surface area contributed by atoms with E-state index in [9.17, 15) is 22.8 Å². The molecule has 0 unspecified atom stereocenters. The minimum atomic E-state index is -4.54. The molecule has 0 aliphatic heterocycles. The highest BCUT2D eigenvalue weighted by Crippen LogP contribution is 2.36. The smallest absolute Gasteiger partial charge is 0.417 e. The Morgan fingerprint density at radius 1 is 1.08 bits per heavy atom. The first-order valence-electron chi connectivity index (χ1n) is 6.63. The molecule has 2 aromatic rings. The van der Waals surface area contributed by atoms with Crippen molar-refractivity contribution in [2.24, 2.45) is 0 Å². The fourth-order valence-electron chi connectivity index (χ4n) is 1.86. The van der Waals surface area contributed by atoms with Crippen LogP contribution in [0.25, 0.3) is 0 Å². The number of amides is 1. The Labute approximate surface area is 143 Å². The lowest BCUT2D eigenvalue weighted by atomic mass is 10.1. The maximum atomic E-state index is 12.9. The molecular weight excluding hydrogens is 391 g/mol. The minimum absolute atomic E-state index is 0.0135. The van der Waals surface area contributed by atoms with Gasteiger partial charge in [-0.2, -0.15) is 13.2 Å². The first-order valence-corrected chi connectivity index (χ1v) is 7.42. The maximum absolute atomic E-state index is 12.9. The number of alkyl halides is 3. The third-order valence-electron chi connectivity index (χ3n) is 2.91. The van der Waals surface area contributed by atoms with Gasteiger partial charge >= 0.3 is 12.1 Å². The summed E-state index contributed by atoms with van der Waals surface area (Å²) >= 11 is 2.83. The van der Waals surface area contributed by atoms with Crippen LogP contribution >= 0.6 is 15.9 Å². The zero-order valence-electron chi connectivity index (χ0n) is 12.3. The van der Waals surface area contributed by atoms with Gasteiger partial charge in [-0.15, -0.1) is 0 Å². The van der Waals surface area contributed by atoms with Crippen LogP contribution in [0.4, 0.5) is 18.9 Å². The van der Waals surface area contributed by atoms with Gasteiger partial charge in [0.05, 0.1) is 5.56 Å². The molecule has 0 aliphatic rings. The van der Waals surface area contributed by atoms with Crippen LogP contribution in [0.2, 0.25) is 0 Å². The second-order valence-electron chi connectivity index (χ2n) is 4.76. The van der Waals surface area contributed by atoms with E-state index >= 15 is 0 Å². The number of nitrogens with one attached hydrogen (secondary N) is 1. The minimum Gasteiger partial charge on any atom is -0.427 e. The molecule has 0 fully saturated rings. The van der Waals surface area contributed by atoms with E-state index in [1.54, 1.807) is 0 Å². The highest BCUT2D eigenvalue weighted by molar-refractivity contribution is 9.10. The Hall–Kier alpha value is -2.35. The lowest BCUT2D eigenvalue weighted by Crippen LogP contribution is -2.13. The Morgan fingerprint density at radius 2 is 1.71 bits per heavy atom. The van der Waals surface area contributed by atoms with Crippen LogP contribution in [0, 0.1) is 0 Å². The van der Waals surface area contributed by atoms with Gasteiger partial charge in [-0.3, -0.25) is 9.59 Å². The van der Waals surface area contributed by atoms with Crippen molar-refractivity contribution in [2.75, 3.05) is 5.32 Å². The van der Waals surface area contributed by atoms with Crippen molar-refractivity contribution in [1.29, 1.82) is 0 Å². The lowest BCUT2D eigenvalue weighted by Gasteiger charge is -2.12. The van der Waals surface area contributed by atoms with E-state index in [0.717, 1.165) is 6.07 Å². The first-order chi connectivity index (χ1) is 11.2. The SMILES string of the molecule is CC(=O)Oc1ccc(C(=O)Nc2ccc(Br)c(C(F)(F)F)c2)cc1. The van der Waals surface area contributed by atoms with E-state index in [0.29, 0.717) is 0 Å². The quantitative estimate of drug-likeness (QED) is 0.601. The van der Waals surface area contributed by atoms with Crippen molar-refractivity contribution in [3.63, 3.8) is 0 Å². The predicted molar refractivity (Wildman–Crippen MR) is 84.8 cm³/mol. The van der Waals surface area contributed by atoms with Crippen LogP contribution in [0.15, 0.2) is 46.9 Å². The third-order valence-corrected chi connectivity index (χ3v) is 3.60. The number of carbonyl (C=O) groups excluding carboxylic acids is 2. The average Bonchev–Trinajstić information content (AvgIpc) is 2.48.